The smallest absolute Gasteiger partial charge is 0.306 e. The van der Waals surface area contributed by atoms with E-state index in [2.05, 4.69) is 0 Å². The minimum absolute atomic E-state index is 0.0170. The summed E-state index contributed by atoms with van der Waals surface area (Å²) in [4.78, 5) is 36.0. The van der Waals surface area contributed by atoms with Crippen LogP contribution in [0.1, 0.15) is 46.0 Å². The van der Waals surface area contributed by atoms with Crippen LogP contribution in [0.25, 0.3) is 0 Å². The lowest BCUT2D eigenvalue weighted by atomic mass is 10.1. The van der Waals surface area contributed by atoms with Gasteiger partial charge in [-0.05, 0) is 43.3 Å². The molecule has 0 spiro atoms. The van der Waals surface area contributed by atoms with E-state index in [4.69, 9.17) is 18.9 Å². The second-order valence-corrected chi connectivity index (χ2v) is 6.53. The number of benzene rings is 2. The van der Waals surface area contributed by atoms with E-state index < -0.39 is 5.97 Å². The first kappa shape index (κ1) is 20.4. The highest BCUT2D eigenvalue weighted by atomic mass is 16.6. The van der Waals surface area contributed by atoms with Crippen molar-refractivity contribution in [1.29, 1.82) is 0 Å². The van der Waals surface area contributed by atoms with E-state index in [9.17, 15) is 14.4 Å². The molecule has 3 rings (SSSR count). The predicted molar refractivity (Wildman–Crippen MR) is 104 cm³/mol. The van der Waals surface area contributed by atoms with Gasteiger partial charge in [0.05, 0.1) is 13.5 Å². The van der Waals surface area contributed by atoms with Gasteiger partial charge in [-0.1, -0.05) is 0 Å². The Morgan fingerprint density at radius 3 is 2.38 bits per heavy atom. The van der Waals surface area contributed by atoms with E-state index in [1.54, 1.807) is 36.4 Å². The Balaban J connectivity index is 1.54. The Labute approximate surface area is 168 Å². The molecule has 152 valence electrons. The lowest BCUT2D eigenvalue weighted by Gasteiger charge is -2.18. The predicted octanol–water partition coefficient (Wildman–Crippen LogP) is 3.38. The zero-order valence-electron chi connectivity index (χ0n) is 16.4. The lowest BCUT2D eigenvalue weighted by molar-refractivity contribution is -0.144. The number of Topliss-reactive ketones (excluding diaryl/α,β-unsaturated/α-hetero) is 2. The molecule has 0 fully saturated rings. The number of carbonyl (C=O) groups is 3. The van der Waals surface area contributed by atoms with Crippen LogP contribution in [0, 0.1) is 0 Å². The van der Waals surface area contributed by atoms with E-state index in [0.717, 1.165) is 0 Å². The first-order valence-electron chi connectivity index (χ1n) is 9.24. The van der Waals surface area contributed by atoms with Crippen molar-refractivity contribution in [2.24, 2.45) is 0 Å². The molecule has 1 aliphatic heterocycles. The first-order valence-corrected chi connectivity index (χ1v) is 9.24. The number of ketones is 2. The fraction of sp³-hybridized carbons (Fsp3) is 0.318. The number of hydrogen-bond acceptors (Lipinski definition) is 7. The molecule has 1 heterocycles. The molecule has 0 radical (unpaired) electrons. The highest BCUT2D eigenvalue weighted by Crippen LogP contribution is 2.31. The molecule has 0 aromatic heterocycles. The molecule has 0 saturated heterocycles. The number of rotatable bonds is 8. The molecule has 2 aromatic rings. The maximum atomic E-state index is 12.4. The average Bonchev–Trinajstić information content (AvgIpc) is 2.75. The van der Waals surface area contributed by atoms with E-state index in [1.165, 1.54) is 14.0 Å². The molecular weight excluding hydrogens is 376 g/mol. The van der Waals surface area contributed by atoms with Crippen LogP contribution in [-0.2, 0) is 16.1 Å². The van der Waals surface area contributed by atoms with E-state index in [-0.39, 0.29) is 31.0 Å². The molecule has 0 saturated carbocycles. The van der Waals surface area contributed by atoms with Gasteiger partial charge in [-0.2, -0.15) is 0 Å². The van der Waals surface area contributed by atoms with Crippen LogP contribution in [0.5, 0.6) is 17.2 Å². The largest absolute Gasteiger partial charge is 0.496 e. The summed E-state index contributed by atoms with van der Waals surface area (Å²) in [5.41, 5.74) is 1.55. The second kappa shape index (κ2) is 9.23. The summed E-state index contributed by atoms with van der Waals surface area (Å²) >= 11 is 0. The summed E-state index contributed by atoms with van der Waals surface area (Å²) in [7, 11) is 1.50. The third-order valence-corrected chi connectivity index (χ3v) is 4.50. The summed E-state index contributed by atoms with van der Waals surface area (Å²) in [5, 5.41) is 0. The van der Waals surface area contributed by atoms with Crippen LogP contribution in [0.2, 0.25) is 0 Å². The van der Waals surface area contributed by atoms with Gasteiger partial charge in [-0.15, -0.1) is 0 Å². The topological polar surface area (TPSA) is 88.1 Å². The maximum absolute atomic E-state index is 12.4. The lowest BCUT2D eigenvalue weighted by Crippen LogP contribution is -2.16. The Morgan fingerprint density at radius 1 is 0.931 bits per heavy atom. The normalized spacial score (nSPS) is 12.2. The highest BCUT2D eigenvalue weighted by Gasteiger charge is 2.17. The molecule has 0 amide bonds. The molecule has 0 bridgehead atoms. The fourth-order valence-electron chi connectivity index (χ4n) is 2.92. The van der Waals surface area contributed by atoms with Gasteiger partial charge in [-0.3, -0.25) is 14.4 Å². The molecule has 29 heavy (non-hydrogen) atoms. The van der Waals surface area contributed by atoms with Crippen molar-refractivity contribution in [2.75, 3.05) is 20.3 Å². The van der Waals surface area contributed by atoms with Crippen molar-refractivity contribution in [1.82, 2.24) is 0 Å². The molecule has 0 N–H and O–H groups in total. The maximum Gasteiger partial charge on any atom is 0.306 e. The molecular formula is C22H22O7. The molecule has 1 aliphatic rings. The van der Waals surface area contributed by atoms with Crippen LogP contribution in [0.15, 0.2) is 36.4 Å². The number of ether oxygens (including phenoxy) is 4. The summed E-state index contributed by atoms with van der Waals surface area (Å²) in [6.45, 7) is 2.33. The summed E-state index contributed by atoms with van der Waals surface area (Å²) in [6.07, 6.45) is -0.0366. The van der Waals surface area contributed by atoms with E-state index >= 15 is 0 Å². The van der Waals surface area contributed by atoms with Crippen LogP contribution in [0.3, 0.4) is 0 Å². The third kappa shape index (κ3) is 5.13. The number of carbonyl (C=O) groups excluding carboxylic acids is 3. The van der Waals surface area contributed by atoms with Crippen molar-refractivity contribution < 1.29 is 33.3 Å². The van der Waals surface area contributed by atoms with Crippen LogP contribution >= 0.6 is 0 Å². The van der Waals surface area contributed by atoms with Crippen molar-refractivity contribution in [3.05, 3.63) is 53.1 Å². The zero-order valence-corrected chi connectivity index (χ0v) is 16.4. The Kier molecular flexibility index (Phi) is 6.49. The van der Waals surface area contributed by atoms with Gasteiger partial charge in [-0.25, -0.2) is 0 Å². The van der Waals surface area contributed by atoms with Gasteiger partial charge >= 0.3 is 5.97 Å². The minimum Gasteiger partial charge on any atom is -0.496 e. The monoisotopic (exact) mass is 398 g/mol. The summed E-state index contributed by atoms with van der Waals surface area (Å²) < 4.78 is 21.4. The SMILES string of the molecule is COc1ccc(C(C)=O)cc1COC(=O)CCC(=O)c1ccc2c(c1)OCCO2. The van der Waals surface area contributed by atoms with Crippen molar-refractivity contribution >= 4 is 17.5 Å². The summed E-state index contributed by atoms with van der Waals surface area (Å²) in [6, 6.07) is 9.91. The quantitative estimate of drug-likeness (QED) is 0.497. The molecule has 2 aromatic carbocycles. The van der Waals surface area contributed by atoms with Crippen molar-refractivity contribution in [3.63, 3.8) is 0 Å². The van der Waals surface area contributed by atoms with Gasteiger partial charge in [0.2, 0.25) is 0 Å². The first-order chi connectivity index (χ1) is 14.0. The van der Waals surface area contributed by atoms with Crippen molar-refractivity contribution in [2.45, 2.75) is 26.4 Å². The summed E-state index contributed by atoms with van der Waals surface area (Å²) in [5.74, 6) is 0.873. The average molecular weight is 398 g/mol. The van der Waals surface area contributed by atoms with Gasteiger partial charge in [0.15, 0.2) is 23.1 Å². The minimum atomic E-state index is -0.508. The number of esters is 1. The molecule has 7 heteroatoms. The number of fused-ring (bicyclic) bond motifs is 1. The van der Waals surface area contributed by atoms with Gasteiger partial charge in [0.1, 0.15) is 25.6 Å². The highest BCUT2D eigenvalue weighted by molar-refractivity contribution is 5.98. The van der Waals surface area contributed by atoms with Crippen LogP contribution < -0.4 is 14.2 Å². The fourth-order valence-corrected chi connectivity index (χ4v) is 2.92. The standard InChI is InChI=1S/C22H22O7/c1-14(23)15-3-6-19(26-2)17(11-15)13-29-22(25)8-5-18(24)16-4-7-20-21(12-16)28-10-9-27-20/h3-4,6-7,11-12H,5,8-10,13H2,1-2H3. The van der Waals surface area contributed by atoms with E-state index in [1.807, 2.05) is 0 Å². The number of hydrogen-bond donors (Lipinski definition) is 0. The Morgan fingerprint density at radius 2 is 1.66 bits per heavy atom. The number of methoxy groups -OCH3 is 1. The molecule has 7 nitrogen and oxygen atoms in total. The third-order valence-electron chi connectivity index (χ3n) is 4.50. The van der Waals surface area contributed by atoms with Crippen LogP contribution in [0.4, 0.5) is 0 Å². The Hall–Kier alpha value is -3.35. The van der Waals surface area contributed by atoms with Gasteiger partial charge in [0.25, 0.3) is 0 Å². The van der Waals surface area contributed by atoms with Crippen LogP contribution in [-0.4, -0.2) is 37.9 Å². The zero-order chi connectivity index (χ0) is 20.8. The Bertz CT molecular complexity index is 933. The molecule has 0 unspecified atom stereocenters. The molecule has 0 atom stereocenters. The molecule has 0 aliphatic carbocycles. The van der Waals surface area contributed by atoms with Gasteiger partial charge in [0, 0.05) is 23.1 Å². The second-order valence-electron chi connectivity index (χ2n) is 6.53. The van der Waals surface area contributed by atoms with E-state index in [0.29, 0.717) is 47.2 Å². The van der Waals surface area contributed by atoms with Gasteiger partial charge < -0.3 is 18.9 Å². The van der Waals surface area contributed by atoms with Crippen molar-refractivity contribution in [3.8, 4) is 17.2 Å².